The number of anilines is 2. The van der Waals surface area contributed by atoms with Crippen LogP contribution in [0.25, 0.3) is 0 Å². The van der Waals surface area contributed by atoms with Gasteiger partial charge in [-0.1, -0.05) is 33.1 Å². The fourth-order valence-corrected chi connectivity index (χ4v) is 3.22. The molecule has 0 heterocycles. The zero-order valence-corrected chi connectivity index (χ0v) is 16.0. The van der Waals surface area contributed by atoms with Crippen LogP contribution in [0.15, 0.2) is 24.3 Å². The minimum atomic E-state index is -0.0627. The smallest absolute Gasteiger partial charge is 0.226 e. The monoisotopic (exact) mass is 367 g/mol. The molecule has 1 fully saturated rings. The lowest BCUT2D eigenvalue weighted by Gasteiger charge is -2.35. The Morgan fingerprint density at radius 3 is 2.04 bits per heavy atom. The molecule has 0 spiro atoms. The van der Waals surface area contributed by atoms with Crippen LogP contribution in [0.4, 0.5) is 11.4 Å². The van der Waals surface area contributed by atoms with Crippen LogP contribution in [0.1, 0.15) is 52.4 Å². The molecule has 2 rings (SSSR count). The highest BCUT2D eigenvalue weighted by Gasteiger charge is 2.32. The number of carbonyl (C=O) groups is 2. The van der Waals surface area contributed by atoms with Crippen LogP contribution in [0.2, 0.25) is 0 Å². The van der Waals surface area contributed by atoms with Crippen molar-refractivity contribution in [3.63, 3.8) is 0 Å². The van der Waals surface area contributed by atoms with E-state index in [1.54, 1.807) is 12.1 Å². The van der Waals surface area contributed by atoms with E-state index in [-0.39, 0.29) is 35.6 Å². The molecule has 0 bridgehead atoms. The highest BCUT2D eigenvalue weighted by Crippen LogP contribution is 2.38. The lowest BCUT2D eigenvalue weighted by molar-refractivity contribution is -0.119. The minimum Gasteiger partial charge on any atom is -0.330 e. The molecule has 5 nitrogen and oxygen atoms in total. The number of nitrogens with one attached hydrogen (secondary N) is 2. The zero-order valence-electron chi connectivity index (χ0n) is 15.1. The minimum absolute atomic E-state index is 0. The third kappa shape index (κ3) is 6.33. The number of carbonyl (C=O) groups excluding carboxylic acids is 2. The lowest BCUT2D eigenvalue weighted by Crippen LogP contribution is -2.36. The number of amides is 2. The fraction of sp³-hybridized carbons (Fsp3) is 0.579. The summed E-state index contributed by atoms with van der Waals surface area (Å²) in [5, 5.41) is 5.78. The molecule has 0 unspecified atom stereocenters. The maximum Gasteiger partial charge on any atom is 0.226 e. The van der Waals surface area contributed by atoms with Gasteiger partial charge in [0.15, 0.2) is 0 Å². The Labute approximate surface area is 156 Å². The van der Waals surface area contributed by atoms with Crippen molar-refractivity contribution in [1.82, 2.24) is 0 Å². The predicted molar refractivity (Wildman–Crippen MR) is 105 cm³/mol. The van der Waals surface area contributed by atoms with Crippen LogP contribution in [-0.2, 0) is 9.59 Å². The van der Waals surface area contributed by atoms with Gasteiger partial charge in [-0.15, -0.1) is 12.4 Å². The highest BCUT2D eigenvalue weighted by molar-refractivity contribution is 5.93. The maximum atomic E-state index is 12.4. The first-order valence-electron chi connectivity index (χ1n) is 8.85. The molecule has 25 heavy (non-hydrogen) atoms. The van der Waals surface area contributed by atoms with Gasteiger partial charge in [0.05, 0.1) is 0 Å². The lowest BCUT2D eigenvalue weighted by atomic mass is 9.71. The number of hydrogen-bond acceptors (Lipinski definition) is 3. The first-order chi connectivity index (χ1) is 11.4. The van der Waals surface area contributed by atoms with Crippen molar-refractivity contribution < 1.29 is 9.59 Å². The highest BCUT2D eigenvalue weighted by atomic mass is 35.5. The molecule has 1 saturated carbocycles. The molecule has 0 aliphatic heterocycles. The van der Waals surface area contributed by atoms with Crippen molar-refractivity contribution in [2.75, 3.05) is 17.2 Å². The molecular weight excluding hydrogens is 338 g/mol. The van der Waals surface area contributed by atoms with Gasteiger partial charge in [0.25, 0.3) is 0 Å². The van der Waals surface area contributed by atoms with Gasteiger partial charge in [-0.3, -0.25) is 9.59 Å². The van der Waals surface area contributed by atoms with Crippen molar-refractivity contribution in [3.8, 4) is 0 Å². The van der Waals surface area contributed by atoms with Crippen LogP contribution >= 0.6 is 12.4 Å². The summed E-state index contributed by atoms with van der Waals surface area (Å²) in [6.07, 6.45) is 6.12. The number of benzene rings is 1. The summed E-state index contributed by atoms with van der Waals surface area (Å²) in [7, 11) is 0. The summed E-state index contributed by atoms with van der Waals surface area (Å²) in [4.78, 5) is 24.0. The third-order valence-electron chi connectivity index (χ3n) is 4.84. The Hall–Kier alpha value is -1.59. The van der Waals surface area contributed by atoms with Gasteiger partial charge in [0.1, 0.15) is 0 Å². The number of rotatable bonds is 6. The average molecular weight is 368 g/mol. The largest absolute Gasteiger partial charge is 0.330 e. The van der Waals surface area contributed by atoms with Gasteiger partial charge >= 0.3 is 0 Å². The number of hydrogen-bond donors (Lipinski definition) is 3. The van der Waals surface area contributed by atoms with Gasteiger partial charge < -0.3 is 16.4 Å². The molecule has 0 saturated heterocycles. The molecule has 2 amide bonds. The van der Waals surface area contributed by atoms with E-state index in [9.17, 15) is 9.59 Å². The van der Waals surface area contributed by atoms with Crippen molar-refractivity contribution in [2.24, 2.45) is 17.1 Å². The molecule has 0 radical (unpaired) electrons. The molecule has 0 aromatic heterocycles. The summed E-state index contributed by atoms with van der Waals surface area (Å²) in [5.74, 6) is -0.0670. The van der Waals surface area contributed by atoms with Crippen LogP contribution in [0.3, 0.4) is 0 Å². The first-order valence-corrected chi connectivity index (χ1v) is 8.85. The van der Waals surface area contributed by atoms with E-state index in [1.165, 1.54) is 6.42 Å². The molecule has 6 heteroatoms. The molecule has 140 valence electrons. The van der Waals surface area contributed by atoms with Crippen molar-refractivity contribution in [2.45, 2.75) is 52.4 Å². The Morgan fingerprint density at radius 1 is 1.04 bits per heavy atom. The van der Waals surface area contributed by atoms with Gasteiger partial charge in [-0.25, -0.2) is 0 Å². The number of halogens is 1. The van der Waals surface area contributed by atoms with Crippen LogP contribution in [0.5, 0.6) is 0 Å². The molecule has 1 aliphatic carbocycles. The maximum absolute atomic E-state index is 12.4. The van der Waals surface area contributed by atoms with E-state index in [0.717, 1.165) is 37.1 Å². The average Bonchev–Trinajstić information content (AvgIpc) is 2.57. The van der Waals surface area contributed by atoms with Crippen molar-refractivity contribution in [3.05, 3.63) is 24.3 Å². The topological polar surface area (TPSA) is 84.2 Å². The SMILES string of the molecule is CC(C)C(=O)Nc1ccc(NC(=O)CC2(CN)CCCCC2)cc1.Cl. The molecule has 0 atom stereocenters. The van der Waals surface area contributed by atoms with E-state index >= 15 is 0 Å². The third-order valence-corrected chi connectivity index (χ3v) is 4.84. The molecule has 1 aromatic carbocycles. The van der Waals surface area contributed by atoms with E-state index < -0.39 is 0 Å². The van der Waals surface area contributed by atoms with E-state index in [1.807, 2.05) is 26.0 Å². The van der Waals surface area contributed by atoms with Crippen LogP contribution < -0.4 is 16.4 Å². The Bertz CT molecular complexity index is 567. The Balaban J connectivity index is 0.00000312. The summed E-state index contributed by atoms with van der Waals surface area (Å²) < 4.78 is 0. The summed E-state index contributed by atoms with van der Waals surface area (Å²) in [5.41, 5.74) is 7.39. The first kappa shape index (κ1) is 21.5. The van der Waals surface area contributed by atoms with E-state index in [2.05, 4.69) is 10.6 Å². The summed E-state index contributed by atoms with van der Waals surface area (Å²) >= 11 is 0. The normalized spacial score (nSPS) is 16.0. The van der Waals surface area contributed by atoms with Crippen LogP contribution in [-0.4, -0.2) is 18.4 Å². The van der Waals surface area contributed by atoms with E-state index in [4.69, 9.17) is 5.73 Å². The molecule has 4 N–H and O–H groups in total. The van der Waals surface area contributed by atoms with Gasteiger partial charge in [0.2, 0.25) is 11.8 Å². The summed E-state index contributed by atoms with van der Waals surface area (Å²) in [6.45, 7) is 4.27. The predicted octanol–water partition coefficient (Wildman–Crippen LogP) is 3.94. The van der Waals surface area contributed by atoms with Gasteiger partial charge in [-0.2, -0.15) is 0 Å². The molecule has 1 aliphatic rings. The van der Waals surface area contributed by atoms with Crippen molar-refractivity contribution in [1.29, 1.82) is 0 Å². The second-order valence-corrected chi connectivity index (χ2v) is 7.21. The Morgan fingerprint density at radius 2 is 1.56 bits per heavy atom. The van der Waals surface area contributed by atoms with Gasteiger partial charge in [-0.05, 0) is 49.1 Å². The summed E-state index contributed by atoms with van der Waals surface area (Å²) in [6, 6.07) is 7.22. The molecule has 1 aromatic rings. The van der Waals surface area contributed by atoms with Crippen LogP contribution in [0, 0.1) is 11.3 Å². The second kappa shape index (κ2) is 9.78. The van der Waals surface area contributed by atoms with Gasteiger partial charge in [0, 0.05) is 23.7 Å². The quantitative estimate of drug-likeness (QED) is 0.711. The fourth-order valence-electron chi connectivity index (χ4n) is 3.22. The van der Waals surface area contributed by atoms with E-state index in [0.29, 0.717) is 13.0 Å². The standard InChI is InChI=1S/C19H29N3O2.ClH/c1-14(2)18(24)22-16-8-6-15(7-9-16)21-17(23)12-19(13-20)10-4-3-5-11-19;/h6-9,14H,3-5,10-13,20H2,1-2H3,(H,21,23)(H,22,24);1H. The zero-order chi connectivity index (χ0) is 17.6. The Kier molecular flexibility index (Phi) is 8.39. The molecular formula is C19H30ClN3O2. The van der Waals surface area contributed by atoms with Crippen molar-refractivity contribution >= 4 is 35.6 Å². The number of nitrogens with two attached hydrogens (primary N) is 1. The second-order valence-electron chi connectivity index (χ2n) is 7.21.